The van der Waals surface area contributed by atoms with Gasteiger partial charge in [-0.1, -0.05) is 61.5 Å². The minimum Gasteiger partial charge on any atom is -0.504 e. The van der Waals surface area contributed by atoms with Crippen LogP contribution in [0.5, 0.6) is 11.5 Å². The van der Waals surface area contributed by atoms with Crippen LogP contribution in [0.4, 0.5) is 13.6 Å². The summed E-state index contributed by atoms with van der Waals surface area (Å²) in [5.41, 5.74) is -1.20. The fourth-order valence-corrected chi connectivity index (χ4v) is 7.15. The smallest absolute Gasteiger partial charge is 0.315 e. The van der Waals surface area contributed by atoms with Crippen LogP contribution in [0, 0.1) is 28.1 Å². The number of amides is 5. The molecule has 0 bridgehead atoms. The summed E-state index contributed by atoms with van der Waals surface area (Å²) in [7, 11) is -2.15. The Morgan fingerprint density at radius 2 is 1.62 bits per heavy atom. The molecule has 6 atom stereocenters. The van der Waals surface area contributed by atoms with Crippen molar-refractivity contribution in [3.05, 3.63) is 23.8 Å². The van der Waals surface area contributed by atoms with Gasteiger partial charge in [0.05, 0.1) is 6.26 Å². The van der Waals surface area contributed by atoms with Gasteiger partial charge in [-0.25, -0.2) is 26.3 Å². The minimum absolute atomic E-state index is 0.00790. The fraction of sp³-hybridized carbons (Fsp3) is 0.714. The van der Waals surface area contributed by atoms with Gasteiger partial charge in [-0.3, -0.25) is 14.4 Å². The van der Waals surface area contributed by atoms with E-state index < -0.39 is 81.6 Å². The van der Waals surface area contributed by atoms with Crippen LogP contribution in [0.3, 0.4) is 0 Å². The number of carbonyl (C=O) groups is 4. The van der Waals surface area contributed by atoms with E-state index >= 15 is 0 Å². The molecule has 294 valence electrons. The molecule has 2 fully saturated rings. The van der Waals surface area contributed by atoms with Crippen molar-refractivity contribution in [2.45, 2.75) is 98.8 Å². The van der Waals surface area contributed by atoms with Gasteiger partial charge in [0.15, 0.2) is 11.5 Å². The number of phenols is 2. The number of rotatable bonds is 14. The second kappa shape index (κ2) is 15.7. The molecule has 0 aromatic heterocycles. The van der Waals surface area contributed by atoms with Crippen molar-refractivity contribution >= 4 is 33.8 Å². The number of alkyl halides is 2. The molecule has 1 saturated carbocycles. The Balaban J connectivity index is 1.79. The van der Waals surface area contributed by atoms with Gasteiger partial charge < -0.3 is 36.4 Å². The molecule has 1 aromatic rings. The highest BCUT2D eigenvalue weighted by Gasteiger charge is 2.70. The standard InChI is InChI=1S/C35H56F2N6O8S/c1-33(2,3)24(18-42(9)52(10,50)51)40-32(49)41-28(34(4,5)6)31(48)43-17-20-26(35(20,7)8)27(43)30(47)39-21(16-25(36)37)29(46)38-14-13-19-11-12-22(44)23(45)15-19/h11-12,15,20-21,24-28,44-45H,13-14,16-18H2,1-10H3,(H,38,46)(H,39,47)(H2,40,41,49)/t20-,21-,24+,26-,27-,28+/m0/s1. The molecule has 1 saturated heterocycles. The predicted molar refractivity (Wildman–Crippen MR) is 191 cm³/mol. The quantitative estimate of drug-likeness (QED) is 0.156. The maximum absolute atomic E-state index is 14.3. The normalized spacial score (nSPS) is 21.6. The molecule has 52 heavy (non-hydrogen) atoms. The average molecular weight is 759 g/mol. The summed E-state index contributed by atoms with van der Waals surface area (Å²) >= 11 is 0. The zero-order valence-electron chi connectivity index (χ0n) is 31.7. The van der Waals surface area contributed by atoms with E-state index in [1.807, 2.05) is 34.6 Å². The molecule has 14 nitrogen and oxygen atoms in total. The monoisotopic (exact) mass is 758 g/mol. The molecule has 1 aromatic carbocycles. The number of nitrogens with zero attached hydrogens (tertiary/aromatic N) is 2. The van der Waals surface area contributed by atoms with E-state index in [4.69, 9.17) is 0 Å². The number of phenolic OH excluding ortho intramolecular Hbond substituents is 2. The van der Waals surface area contributed by atoms with Crippen LogP contribution < -0.4 is 21.3 Å². The number of benzene rings is 1. The summed E-state index contributed by atoms with van der Waals surface area (Å²) in [6.07, 6.45) is -2.63. The first-order valence-corrected chi connectivity index (χ1v) is 19.2. The largest absolute Gasteiger partial charge is 0.504 e. The molecule has 1 aliphatic carbocycles. The Bertz CT molecular complexity index is 1610. The van der Waals surface area contributed by atoms with Crippen LogP contribution in [0.2, 0.25) is 0 Å². The van der Waals surface area contributed by atoms with Gasteiger partial charge in [0, 0.05) is 39.1 Å². The third-order valence-electron chi connectivity index (χ3n) is 10.3. The Labute approximate surface area is 305 Å². The van der Waals surface area contributed by atoms with Gasteiger partial charge in [0.1, 0.15) is 18.1 Å². The summed E-state index contributed by atoms with van der Waals surface area (Å²) in [4.78, 5) is 56.2. The number of aromatic hydroxyl groups is 2. The van der Waals surface area contributed by atoms with E-state index in [1.165, 1.54) is 30.1 Å². The lowest BCUT2D eigenvalue weighted by molar-refractivity contribution is -0.144. The van der Waals surface area contributed by atoms with E-state index in [2.05, 4.69) is 21.3 Å². The molecular formula is C35H56F2N6O8S. The Kier molecular flexibility index (Phi) is 12.9. The van der Waals surface area contributed by atoms with Crippen LogP contribution in [-0.4, -0.2) is 115 Å². The zero-order chi connectivity index (χ0) is 39.7. The van der Waals surface area contributed by atoms with Crippen molar-refractivity contribution in [3.8, 4) is 11.5 Å². The molecule has 1 heterocycles. The summed E-state index contributed by atoms with van der Waals surface area (Å²) in [6.45, 7) is 14.8. The van der Waals surface area contributed by atoms with Crippen molar-refractivity contribution in [1.82, 2.24) is 30.5 Å². The number of fused-ring (bicyclic) bond motifs is 1. The lowest BCUT2D eigenvalue weighted by Gasteiger charge is -2.39. The highest BCUT2D eigenvalue weighted by Crippen LogP contribution is 2.65. The summed E-state index contributed by atoms with van der Waals surface area (Å²) in [5.74, 6) is -3.23. The molecule has 6 N–H and O–H groups in total. The third-order valence-corrected chi connectivity index (χ3v) is 11.6. The second-order valence-corrected chi connectivity index (χ2v) is 18.9. The molecule has 3 rings (SSSR count). The first kappa shape index (κ1) is 42.7. The van der Waals surface area contributed by atoms with Crippen molar-refractivity contribution in [2.75, 3.05) is 32.9 Å². The van der Waals surface area contributed by atoms with Crippen LogP contribution in [0.15, 0.2) is 18.2 Å². The van der Waals surface area contributed by atoms with E-state index in [1.54, 1.807) is 20.8 Å². The molecular weight excluding hydrogens is 702 g/mol. The lowest BCUT2D eigenvalue weighted by Crippen LogP contribution is -2.62. The predicted octanol–water partition coefficient (Wildman–Crippen LogP) is 2.40. The van der Waals surface area contributed by atoms with Crippen LogP contribution in [0.1, 0.15) is 67.4 Å². The van der Waals surface area contributed by atoms with E-state index in [-0.39, 0.29) is 54.8 Å². The number of piperidine rings is 1. The van der Waals surface area contributed by atoms with Gasteiger partial charge in [-0.15, -0.1) is 0 Å². The highest BCUT2D eigenvalue weighted by atomic mass is 32.2. The molecule has 5 amide bonds. The van der Waals surface area contributed by atoms with Crippen molar-refractivity contribution in [1.29, 1.82) is 0 Å². The Morgan fingerprint density at radius 3 is 2.13 bits per heavy atom. The van der Waals surface area contributed by atoms with Crippen molar-refractivity contribution < 1.29 is 46.6 Å². The fourth-order valence-electron chi connectivity index (χ4n) is 6.73. The summed E-state index contributed by atoms with van der Waals surface area (Å²) < 4.78 is 52.7. The maximum atomic E-state index is 14.3. The van der Waals surface area contributed by atoms with Gasteiger partial charge in [-0.2, -0.15) is 0 Å². The number of urea groups is 1. The number of carbonyl (C=O) groups excluding carboxylic acids is 4. The Hall–Kier alpha value is -3.73. The SMILES string of the molecule is CN(C[C@@H](NC(=O)N[C@H](C(=O)N1C[C@H]2[C@@H]([C@H]1C(=O)N[C@@H](CC(F)F)C(=O)NCCc1ccc(O)c(O)c1)C2(C)C)C(C)(C)C)C(C)(C)C)S(C)(=O)=O. The average Bonchev–Trinajstić information content (AvgIpc) is 3.30. The molecule has 1 aliphatic heterocycles. The summed E-state index contributed by atoms with van der Waals surface area (Å²) in [5, 5.41) is 29.8. The number of sulfonamides is 1. The number of hydrogen-bond acceptors (Lipinski definition) is 8. The van der Waals surface area contributed by atoms with E-state index in [0.717, 1.165) is 10.6 Å². The topological polar surface area (TPSA) is 197 Å². The zero-order valence-corrected chi connectivity index (χ0v) is 32.5. The number of likely N-dealkylation sites (tertiary alicyclic amines) is 1. The highest BCUT2D eigenvalue weighted by molar-refractivity contribution is 7.88. The van der Waals surface area contributed by atoms with Gasteiger partial charge >= 0.3 is 6.03 Å². The second-order valence-electron chi connectivity index (χ2n) is 16.8. The van der Waals surface area contributed by atoms with Crippen molar-refractivity contribution in [2.24, 2.45) is 28.1 Å². The van der Waals surface area contributed by atoms with Crippen LogP contribution >= 0.6 is 0 Å². The van der Waals surface area contributed by atoms with Gasteiger partial charge in [0.25, 0.3) is 0 Å². The number of nitrogens with one attached hydrogen (secondary N) is 4. The van der Waals surface area contributed by atoms with Crippen molar-refractivity contribution in [3.63, 3.8) is 0 Å². The molecule has 0 radical (unpaired) electrons. The van der Waals surface area contributed by atoms with Gasteiger partial charge in [0.2, 0.25) is 34.2 Å². The molecule has 17 heteroatoms. The summed E-state index contributed by atoms with van der Waals surface area (Å²) in [6, 6.07) is -1.09. The first-order chi connectivity index (χ1) is 23.7. The van der Waals surface area contributed by atoms with Gasteiger partial charge in [-0.05, 0) is 52.2 Å². The van der Waals surface area contributed by atoms with Crippen LogP contribution in [-0.2, 0) is 30.8 Å². The number of hydrogen-bond donors (Lipinski definition) is 6. The number of halogens is 2. The maximum Gasteiger partial charge on any atom is 0.315 e. The van der Waals surface area contributed by atoms with E-state index in [0.29, 0.717) is 5.56 Å². The molecule has 2 aliphatic rings. The lowest BCUT2D eigenvalue weighted by atomic mass is 9.85. The molecule has 0 spiro atoms. The molecule has 0 unspecified atom stereocenters. The Morgan fingerprint density at radius 1 is 1.00 bits per heavy atom. The third kappa shape index (κ3) is 10.4. The van der Waals surface area contributed by atoms with Crippen LogP contribution in [0.25, 0.3) is 0 Å². The van der Waals surface area contributed by atoms with E-state index in [9.17, 15) is 46.6 Å². The first-order valence-electron chi connectivity index (χ1n) is 17.3. The minimum atomic E-state index is -3.55. The number of likely N-dealkylation sites (N-methyl/N-ethyl adjacent to an activating group) is 1.